The second-order valence-electron chi connectivity index (χ2n) is 6.13. The summed E-state index contributed by atoms with van der Waals surface area (Å²) in [6.07, 6.45) is 11.2. The van der Waals surface area contributed by atoms with Gasteiger partial charge in [-0.05, 0) is 55.1 Å². The molecular formula is C19H26O2. The first-order valence-corrected chi connectivity index (χ1v) is 8.16. The number of rotatable bonds is 6. The topological polar surface area (TPSA) is 37.3 Å². The normalized spacial score (nSPS) is 22.5. The summed E-state index contributed by atoms with van der Waals surface area (Å²) in [6.45, 7) is 2.22. The van der Waals surface area contributed by atoms with E-state index in [2.05, 4.69) is 37.3 Å². The third kappa shape index (κ3) is 5.04. The average Bonchev–Trinajstić information content (AvgIpc) is 2.49. The Kier molecular flexibility index (Phi) is 6.04. The number of hydrogen-bond acceptors (Lipinski definition) is 1. The molecule has 0 radical (unpaired) electrons. The number of hydrogen-bond donors (Lipinski definition) is 1. The molecule has 0 atom stereocenters. The number of aryl methyl sites for hydroxylation is 1. The van der Waals surface area contributed by atoms with Crippen LogP contribution in [0.15, 0.2) is 36.4 Å². The molecule has 0 unspecified atom stereocenters. The van der Waals surface area contributed by atoms with Crippen molar-refractivity contribution in [1.29, 1.82) is 0 Å². The van der Waals surface area contributed by atoms with Crippen LogP contribution in [0, 0.1) is 5.92 Å². The van der Waals surface area contributed by atoms with Crippen LogP contribution in [0.1, 0.15) is 62.5 Å². The van der Waals surface area contributed by atoms with Crippen molar-refractivity contribution in [2.45, 2.75) is 57.8 Å². The first kappa shape index (κ1) is 15.8. The lowest BCUT2D eigenvalue weighted by Gasteiger charge is -2.27. The van der Waals surface area contributed by atoms with Gasteiger partial charge in [-0.2, -0.15) is 0 Å². The van der Waals surface area contributed by atoms with Crippen molar-refractivity contribution in [3.8, 4) is 0 Å². The Hall–Kier alpha value is -1.57. The van der Waals surface area contributed by atoms with Crippen LogP contribution in [0.3, 0.4) is 0 Å². The lowest BCUT2D eigenvalue weighted by Crippen LogP contribution is -2.11. The van der Waals surface area contributed by atoms with Crippen LogP contribution in [0.5, 0.6) is 0 Å². The maximum Gasteiger partial charge on any atom is 0.307 e. The highest BCUT2D eigenvalue weighted by molar-refractivity contribution is 5.68. The second kappa shape index (κ2) is 8.02. The smallest absolute Gasteiger partial charge is 0.307 e. The molecule has 1 aromatic rings. The monoisotopic (exact) mass is 286 g/mol. The standard InChI is InChI=1S/C19H26O2/c1-2-4-15-7-11-17(12-8-15)18-13-9-16(10-14-18)5-3-6-19(20)21/h3,5,7-8,11-12,16,18H,2,4,6,9-10,13-14H2,1H3,(H,20,21). The van der Waals surface area contributed by atoms with Crippen molar-refractivity contribution in [2.75, 3.05) is 0 Å². The SMILES string of the molecule is CCCc1ccc(C2CCC(C=CCC(=O)O)CC2)cc1. The Labute approximate surface area is 127 Å². The van der Waals surface area contributed by atoms with E-state index in [9.17, 15) is 4.79 Å². The van der Waals surface area contributed by atoms with Crippen LogP contribution in [-0.4, -0.2) is 11.1 Å². The van der Waals surface area contributed by atoms with Crippen LogP contribution in [-0.2, 0) is 11.2 Å². The summed E-state index contributed by atoms with van der Waals surface area (Å²) in [6, 6.07) is 9.15. The quantitative estimate of drug-likeness (QED) is 0.752. The Bertz CT molecular complexity index is 465. The molecule has 1 fully saturated rings. The highest BCUT2D eigenvalue weighted by Gasteiger charge is 2.20. The Morgan fingerprint density at radius 1 is 1.19 bits per heavy atom. The van der Waals surface area contributed by atoms with E-state index in [1.54, 1.807) is 0 Å². The molecule has 0 amide bonds. The van der Waals surface area contributed by atoms with Crippen molar-refractivity contribution < 1.29 is 9.90 Å². The van der Waals surface area contributed by atoms with Gasteiger partial charge in [-0.1, -0.05) is 49.8 Å². The Balaban J connectivity index is 1.83. The maximum absolute atomic E-state index is 10.5. The average molecular weight is 286 g/mol. The number of carboxylic acid groups (broad SMARTS) is 1. The minimum atomic E-state index is -0.743. The summed E-state index contributed by atoms with van der Waals surface area (Å²) < 4.78 is 0. The first-order valence-electron chi connectivity index (χ1n) is 8.16. The van der Waals surface area contributed by atoms with E-state index in [0.29, 0.717) is 11.8 Å². The summed E-state index contributed by atoms with van der Waals surface area (Å²) in [4.78, 5) is 10.5. The highest BCUT2D eigenvalue weighted by atomic mass is 16.4. The van der Waals surface area contributed by atoms with E-state index in [1.165, 1.54) is 49.7 Å². The second-order valence-corrected chi connectivity index (χ2v) is 6.13. The highest BCUT2D eigenvalue weighted by Crippen LogP contribution is 2.36. The molecule has 1 saturated carbocycles. The van der Waals surface area contributed by atoms with Gasteiger partial charge >= 0.3 is 5.97 Å². The minimum Gasteiger partial charge on any atom is -0.481 e. The van der Waals surface area contributed by atoms with Gasteiger partial charge < -0.3 is 5.11 Å². The fraction of sp³-hybridized carbons (Fsp3) is 0.526. The zero-order valence-electron chi connectivity index (χ0n) is 12.9. The van der Waals surface area contributed by atoms with E-state index < -0.39 is 5.97 Å². The van der Waals surface area contributed by atoms with Crippen LogP contribution in [0.4, 0.5) is 0 Å². The van der Waals surface area contributed by atoms with Gasteiger partial charge in [-0.25, -0.2) is 0 Å². The molecular weight excluding hydrogens is 260 g/mol. The van der Waals surface area contributed by atoms with E-state index >= 15 is 0 Å². The lowest BCUT2D eigenvalue weighted by atomic mass is 9.78. The number of allylic oxidation sites excluding steroid dienone is 1. The van der Waals surface area contributed by atoms with Gasteiger partial charge in [0.25, 0.3) is 0 Å². The number of aliphatic carboxylic acids is 1. The molecule has 1 aliphatic rings. The molecule has 114 valence electrons. The Morgan fingerprint density at radius 2 is 1.86 bits per heavy atom. The summed E-state index contributed by atoms with van der Waals surface area (Å²) in [5.74, 6) is 0.511. The largest absolute Gasteiger partial charge is 0.481 e. The van der Waals surface area contributed by atoms with Crippen molar-refractivity contribution in [1.82, 2.24) is 0 Å². The van der Waals surface area contributed by atoms with Gasteiger partial charge in [0, 0.05) is 0 Å². The predicted octanol–water partition coefficient (Wildman–Crippen LogP) is 4.94. The molecule has 0 aromatic heterocycles. The van der Waals surface area contributed by atoms with E-state index in [1.807, 2.05) is 6.08 Å². The molecule has 21 heavy (non-hydrogen) atoms. The van der Waals surface area contributed by atoms with Crippen LogP contribution in [0.2, 0.25) is 0 Å². The lowest BCUT2D eigenvalue weighted by molar-refractivity contribution is -0.136. The van der Waals surface area contributed by atoms with Gasteiger partial charge in [0.2, 0.25) is 0 Å². The molecule has 1 aromatic carbocycles. The van der Waals surface area contributed by atoms with E-state index in [-0.39, 0.29) is 6.42 Å². The number of carbonyl (C=O) groups is 1. The van der Waals surface area contributed by atoms with Gasteiger partial charge in [0.1, 0.15) is 0 Å². The molecule has 1 N–H and O–H groups in total. The van der Waals surface area contributed by atoms with Gasteiger partial charge in [0.15, 0.2) is 0 Å². The van der Waals surface area contributed by atoms with Crippen LogP contribution in [0.25, 0.3) is 0 Å². The fourth-order valence-electron chi connectivity index (χ4n) is 3.25. The minimum absolute atomic E-state index is 0.152. The molecule has 0 bridgehead atoms. The van der Waals surface area contributed by atoms with Crippen LogP contribution >= 0.6 is 0 Å². The molecule has 0 saturated heterocycles. The fourth-order valence-corrected chi connectivity index (χ4v) is 3.25. The number of benzene rings is 1. The summed E-state index contributed by atoms with van der Waals surface area (Å²) in [7, 11) is 0. The van der Waals surface area contributed by atoms with Gasteiger partial charge in [0.05, 0.1) is 6.42 Å². The third-order valence-corrected chi connectivity index (χ3v) is 4.46. The molecule has 2 nitrogen and oxygen atoms in total. The predicted molar refractivity (Wildman–Crippen MR) is 86.5 cm³/mol. The zero-order chi connectivity index (χ0) is 15.1. The zero-order valence-corrected chi connectivity index (χ0v) is 12.9. The molecule has 0 spiro atoms. The summed E-state index contributed by atoms with van der Waals surface area (Å²) in [5, 5.41) is 8.64. The van der Waals surface area contributed by atoms with E-state index in [0.717, 1.165) is 0 Å². The van der Waals surface area contributed by atoms with Gasteiger partial charge in [-0.3, -0.25) is 4.79 Å². The van der Waals surface area contributed by atoms with Gasteiger partial charge in [-0.15, -0.1) is 0 Å². The van der Waals surface area contributed by atoms with Crippen molar-refractivity contribution in [3.63, 3.8) is 0 Å². The van der Waals surface area contributed by atoms with E-state index in [4.69, 9.17) is 5.11 Å². The Morgan fingerprint density at radius 3 is 2.43 bits per heavy atom. The van der Waals surface area contributed by atoms with Crippen molar-refractivity contribution in [2.24, 2.45) is 5.92 Å². The molecule has 2 heteroatoms. The maximum atomic E-state index is 10.5. The summed E-state index contributed by atoms with van der Waals surface area (Å²) in [5.41, 5.74) is 2.91. The molecule has 0 heterocycles. The van der Waals surface area contributed by atoms with Crippen LogP contribution < -0.4 is 0 Å². The molecule has 2 rings (SSSR count). The van der Waals surface area contributed by atoms with Crippen molar-refractivity contribution in [3.05, 3.63) is 47.5 Å². The number of carboxylic acids is 1. The third-order valence-electron chi connectivity index (χ3n) is 4.46. The van der Waals surface area contributed by atoms with Crippen molar-refractivity contribution >= 4 is 5.97 Å². The molecule has 0 aliphatic heterocycles. The summed E-state index contributed by atoms with van der Waals surface area (Å²) >= 11 is 0. The first-order chi connectivity index (χ1) is 10.2. The molecule has 1 aliphatic carbocycles.